The third-order valence-electron chi connectivity index (χ3n) is 3.13. The Labute approximate surface area is 116 Å². The lowest BCUT2D eigenvalue weighted by Crippen LogP contribution is -2.26. The molecule has 1 aromatic rings. The van der Waals surface area contributed by atoms with Crippen molar-refractivity contribution in [1.82, 2.24) is 0 Å². The normalized spacial score (nSPS) is 12.8. The number of para-hydroxylation sites is 1. The zero-order valence-corrected chi connectivity index (χ0v) is 12.0. The van der Waals surface area contributed by atoms with Gasteiger partial charge in [0.1, 0.15) is 6.04 Å². The Morgan fingerprint density at radius 1 is 1.32 bits per heavy atom. The third-order valence-corrected chi connectivity index (χ3v) is 3.13. The van der Waals surface area contributed by atoms with Crippen molar-refractivity contribution in [2.75, 3.05) is 5.32 Å². The monoisotopic (exact) mass is 257 g/mol. The van der Waals surface area contributed by atoms with E-state index in [1.165, 1.54) is 11.1 Å². The molecule has 0 aliphatic rings. The number of guanidine groups is 1. The van der Waals surface area contributed by atoms with Crippen LogP contribution >= 0.6 is 0 Å². The molecule has 0 amide bonds. The Morgan fingerprint density at radius 2 is 1.89 bits per heavy atom. The van der Waals surface area contributed by atoms with Crippen LogP contribution in [0, 0.1) is 12.3 Å². The number of hydrogen-bond acceptors (Lipinski definition) is 1. The van der Waals surface area contributed by atoms with E-state index < -0.39 is 0 Å². The van der Waals surface area contributed by atoms with E-state index >= 15 is 0 Å². The summed E-state index contributed by atoms with van der Waals surface area (Å²) in [5.41, 5.74) is 9.50. The Bertz CT molecular complexity index is 461. The first-order chi connectivity index (χ1) is 9.15. The van der Waals surface area contributed by atoms with Crippen molar-refractivity contribution >= 4 is 11.6 Å². The first kappa shape index (κ1) is 15.1. The van der Waals surface area contributed by atoms with Crippen molar-refractivity contribution in [2.45, 2.75) is 46.1 Å². The van der Waals surface area contributed by atoms with E-state index in [1.807, 2.05) is 6.92 Å². The molecule has 0 aromatic heterocycles. The number of aliphatic imine (C=N–C) groups is 1. The standard InChI is InChI=1S/C16H23N3/c1-5-12-10-9-11-13(6-2)15(12)19-16(17)18-14(7-3)8-4/h3,9-11,14H,5-6,8H2,1-2,4H3,(H3,17,18,19). The van der Waals surface area contributed by atoms with Gasteiger partial charge in [-0.25, -0.2) is 4.99 Å². The van der Waals surface area contributed by atoms with Crippen LogP contribution in [0.15, 0.2) is 23.2 Å². The Hall–Kier alpha value is -1.95. The average molecular weight is 257 g/mol. The molecule has 0 radical (unpaired) electrons. The van der Waals surface area contributed by atoms with E-state index in [4.69, 9.17) is 12.2 Å². The Kier molecular flexibility index (Phi) is 5.95. The van der Waals surface area contributed by atoms with Gasteiger partial charge in [-0.1, -0.05) is 44.9 Å². The summed E-state index contributed by atoms with van der Waals surface area (Å²) in [6, 6.07) is 6.12. The summed E-state index contributed by atoms with van der Waals surface area (Å²) >= 11 is 0. The van der Waals surface area contributed by atoms with Gasteiger partial charge in [0, 0.05) is 5.69 Å². The van der Waals surface area contributed by atoms with Crippen molar-refractivity contribution in [1.29, 1.82) is 0 Å². The smallest absolute Gasteiger partial charge is 0.194 e. The number of nitrogens with two attached hydrogens (primary N) is 1. The predicted molar refractivity (Wildman–Crippen MR) is 83.4 cm³/mol. The molecule has 0 aliphatic carbocycles. The molecule has 3 heteroatoms. The van der Waals surface area contributed by atoms with Crippen molar-refractivity contribution in [3.63, 3.8) is 0 Å². The second-order valence-corrected chi connectivity index (χ2v) is 4.39. The van der Waals surface area contributed by atoms with Crippen LogP contribution < -0.4 is 11.1 Å². The lowest BCUT2D eigenvalue weighted by Gasteiger charge is -2.15. The van der Waals surface area contributed by atoms with E-state index in [9.17, 15) is 0 Å². The first-order valence-electron chi connectivity index (χ1n) is 6.83. The fraction of sp³-hybridized carbons (Fsp3) is 0.438. The summed E-state index contributed by atoms with van der Waals surface area (Å²) in [4.78, 5) is 4.31. The van der Waals surface area contributed by atoms with Gasteiger partial charge in [0.2, 0.25) is 0 Å². The van der Waals surface area contributed by atoms with Gasteiger partial charge >= 0.3 is 0 Å². The number of terminal acetylenes is 1. The molecule has 0 saturated carbocycles. The number of anilines is 1. The minimum Gasteiger partial charge on any atom is -0.370 e. The maximum Gasteiger partial charge on any atom is 0.194 e. The van der Waals surface area contributed by atoms with Gasteiger partial charge in [-0.15, -0.1) is 6.42 Å². The zero-order chi connectivity index (χ0) is 14.3. The molecular weight excluding hydrogens is 234 g/mol. The summed E-state index contributed by atoms with van der Waals surface area (Å²) in [5, 5.41) is 3.21. The second-order valence-electron chi connectivity index (χ2n) is 4.39. The summed E-state index contributed by atoms with van der Waals surface area (Å²) < 4.78 is 0. The maximum atomic E-state index is 5.95. The van der Waals surface area contributed by atoms with E-state index in [0.29, 0.717) is 5.96 Å². The molecule has 1 aromatic carbocycles. The van der Waals surface area contributed by atoms with Crippen LogP contribution in [0.1, 0.15) is 38.3 Å². The van der Waals surface area contributed by atoms with Crippen molar-refractivity contribution in [3.05, 3.63) is 29.3 Å². The quantitative estimate of drug-likeness (QED) is 0.484. The van der Waals surface area contributed by atoms with Crippen LogP contribution in [0.25, 0.3) is 0 Å². The highest BCUT2D eigenvalue weighted by atomic mass is 15.1. The van der Waals surface area contributed by atoms with Gasteiger partial charge in [0.25, 0.3) is 0 Å². The summed E-state index contributed by atoms with van der Waals surface area (Å²) in [6.45, 7) is 6.26. The molecule has 0 heterocycles. The third kappa shape index (κ3) is 4.03. The number of hydrogen-bond donors (Lipinski definition) is 2. The lowest BCUT2D eigenvalue weighted by molar-refractivity contribution is 0.806. The summed E-state index contributed by atoms with van der Waals surface area (Å²) in [5.74, 6) is 3.01. The van der Waals surface area contributed by atoms with Crippen LogP contribution in [0.4, 0.5) is 5.69 Å². The molecule has 0 spiro atoms. The summed E-state index contributed by atoms with van der Waals surface area (Å²) in [7, 11) is 0. The van der Waals surface area contributed by atoms with Crippen LogP contribution in [-0.4, -0.2) is 12.0 Å². The van der Waals surface area contributed by atoms with Gasteiger partial charge in [0.15, 0.2) is 5.96 Å². The number of nitrogens with zero attached hydrogens (tertiary/aromatic N) is 1. The van der Waals surface area contributed by atoms with E-state index in [2.05, 4.69) is 48.3 Å². The Morgan fingerprint density at radius 3 is 2.32 bits per heavy atom. The molecule has 0 saturated heterocycles. The SMILES string of the molecule is C#CC(CC)N=C(N)Nc1c(CC)cccc1CC. The fourth-order valence-corrected chi connectivity index (χ4v) is 1.98. The number of aryl methyl sites for hydroxylation is 2. The van der Waals surface area contributed by atoms with Crippen LogP contribution in [0.2, 0.25) is 0 Å². The second kappa shape index (κ2) is 7.48. The average Bonchev–Trinajstić information content (AvgIpc) is 2.44. The number of nitrogens with one attached hydrogen (secondary N) is 1. The molecule has 1 atom stereocenters. The van der Waals surface area contributed by atoms with Crippen molar-refractivity contribution in [2.24, 2.45) is 10.7 Å². The fourth-order valence-electron chi connectivity index (χ4n) is 1.98. The maximum absolute atomic E-state index is 5.95. The highest BCUT2D eigenvalue weighted by molar-refractivity contribution is 5.94. The van der Waals surface area contributed by atoms with Crippen molar-refractivity contribution < 1.29 is 0 Å². The highest BCUT2D eigenvalue weighted by Crippen LogP contribution is 2.22. The van der Waals surface area contributed by atoms with Crippen LogP contribution in [-0.2, 0) is 12.8 Å². The summed E-state index contributed by atoms with van der Waals surface area (Å²) in [6.07, 6.45) is 8.09. The van der Waals surface area contributed by atoms with Crippen LogP contribution in [0.5, 0.6) is 0 Å². The number of benzene rings is 1. The van der Waals surface area contributed by atoms with Gasteiger partial charge in [-0.05, 0) is 30.4 Å². The molecular formula is C16H23N3. The van der Waals surface area contributed by atoms with E-state index in [-0.39, 0.29) is 6.04 Å². The highest BCUT2D eigenvalue weighted by Gasteiger charge is 2.08. The lowest BCUT2D eigenvalue weighted by atomic mass is 10.0. The molecule has 1 unspecified atom stereocenters. The van der Waals surface area contributed by atoms with Crippen molar-refractivity contribution in [3.8, 4) is 12.3 Å². The van der Waals surface area contributed by atoms with Gasteiger partial charge in [-0.3, -0.25) is 0 Å². The van der Waals surface area contributed by atoms with Gasteiger partial charge in [-0.2, -0.15) is 0 Å². The topological polar surface area (TPSA) is 50.4 Å². The van der Waals surface area contributed by atoms with Gasteiger partial charge in [0.05, 0.1) is 0 Å². The molecule has 0 bridgehead atoms. The molecule has 19 heavy (non-hydrogen) atoms. The van der Waals surface area contributed by atoms with Crippen LogP contribution in [0.3, 0.4) is 0 Å². The molecule has 102 valence electrons. The predicted octanol–water partition coefficient (Wildman–Crippen LogP) is 2.95. The molecule has 3 N–H and O–H groups in total. The first-order valence-corrected chi connectivity index (χ1v) is 6.83. The number of rotatable bonds is 5. The molecule has 0 fully saturated rings. The van der Waals surface area contributed by atoms with Gasteiger partial charge < -0.3 is 11.1 Å². The molecule has 1 rings (SSSR count). The van der Waals surface area contributed by atoms with E-state index in [1.54, 1.807) is 0 Å². The van der Waals surface area contributed by atoms with E-state index in [0.717, 1.165) is 24.9 Å². The largest absolute Gasteiger partial charge is 0.370 e. The zero-order valence-electron chi connectivity index (χ0n) is 12.0. The Balaban J connectivity index is 3.02. The minimum absolute atomic E-state index is 0.161. The molecule has 0 aliphatic heterocycles. The molecule has 3 nitrogen and oxygen atoms in total. The minimum atomic E-state index is -0.161.